The maximum absolute atomic E-state index is 12.2. The van der Waals surface area contributed by atoms with Gasteiger partial charge in [-0.05, 0) is 37.5 Å². The molecule has 0 saturated heterocycles. The van der Waals surface area contributed by atoms with Crippen LogP contribution in [-0.2, 0) is 24.4 Å². The first-order chi connectivity index (χ1) is 21.2. The second-order valence-corrected chi connectivity index (χ2v) is 12.4. The number of anilines is 1. The molecule has 232 valence electrons. The van der Waals surface area contributed by atoms with Crippen molar-refractivity contribution < 1.29 is 28.7 Å². The summed E-state index contributed by atoms with van der Waals surface area (Å²) >= 11 is 0. The van der Waals surface area contributed by atoms with E-state index in [1.807, 2.05) is 59.5 Å². The molecule has 3 aromatic carbocycles. The second kappa shape index (κ2) is 13.5. The third-order valence-electron chi connectivity index (χ3n) is 7.29. The minimum atomic E-state index is -4.71. The Labute approximate surface area is 257 Å². The summed E-state index contributed by atoms with van der Waals surface area (Å²) in [6, 6.07) is 28.9. The fraction of sp³-hybridized carbons (Fsp3) is 0.312. The van der Waals surface area contributed by atoms with Crippen molar-refractivity contribution in [3.63, 3.8) is 0 Å². The molecule has 1 unspecified atom stereocenters. The molecule has 0 bridgehead atoms. The van der Waals surface area contributed by atoms with Crippen LogP contribution in [0.25, 0.3) is 0 Å². The highest BCUT2D eigenvalue weighted by Gasteiger charge is 2.43. The average Bonchev–Trinajstić information content (AvgIpc) is 3.46. The lowest BCUT2D eigenvalue weighted by Gasteiger charge is -2.41. The molecule has 0 spiro atoms. The standard InChI is InChI=1S/C32H38N5O6P/c1-23(2)42-31(44(38,39)40)43-24(3)20-36-21-34-29(35-41-4)28-30(36)37(22-33-28)32(25-14-8-5-9-15-25,26-16-10-6-11-17-26)27-18-12-7-13-19-27/h5-19,21-24,29,31,35H,20H2,1-4H3,(H2,38,39,40)/t24-,29?,31+/m0/s1. The van der Waals surface area contributed by atoms with Crippen molar-refractivity contribution in [1.82, 2.24) is 15.0 Å². The van der Waals surface area contributed by atoms with Crippen LogP contribution in [0.3, 0.4) is 0 Å². The van der Waals surface area contributed by atoms with Crippen molar-refractivity contribution >= 4 is 19.8 Å². The summed E-state index contributed by atoms with van der Waals surface area (Å²) in [6.45, 7) is 5.31. The molecule has 0 amide bonds. The summed E-state index contributed by atoms with van der Waals surface area (Å²) in [4.78, 5) is 36.5. The highest BCUT2D eigenvalue weighted by molar-refractivity contribution is 7.52. The monoisotopic (exact) mass is 619 g/mol. The fourth-order valence-corrected chi connectivity index (χ4v) is 6.35. The Morgan fingerprint density at radius 2 is 1.41 bits per heavy atom. The largest absolute Gasteiger partial charge is 0.381 e. The highest BCUT2D eigenvalue weighted by atomic mass is 31.2. The van der Waals surface area contributed by atoms with Crippen LogP contribution in [0.15, 0.2) is 102 Å². The van der Waals surface area contributed by atoms with Crippen LogP contribution in [0, 0.1) is 0 Å². The van der Waals surface area contributed by atoms with Gasteiger partial charge >= 0.3 is 7.60 Å². The van der Waals surface area contributed by atoms with E-state index >= 15 is 0 Å². The number of benzene rings is 3. The molecule has 12 heteroatoms. The van der Waals surface area contributed by atoms with Gasteiger partial charge < -0.3 is 29.0 Å². The van der Waals surface area contributed by atoms with Gasteiger partial charge in [0.25, 0.3) is 6.03 Å². The van der Waals surface area contributed by atoms with E-state index in [1.165, 1.54) is 7.11 Å². The number of rotatable bonds is 13. The lowest BCUT2D eigenvalue weighted by Crippen LogP contribution is -2.43. The van der Waals surface area contributed by atoms with E-state index in [0.717, 1.165) is 16.7 Å². The Morgan fingerprint density at radius 3 is 1.86 bits per heavy atom. The zero-order valence-electron chi connectivity index (χ0n) is 25.1. The van der Waals surface area contributed by atoms with Crippen LogP contribution in [0.5, 0.6) is 0 Å². The number of ether oxygens (including phenoxy) is 2. The summed E-state index contributed by atoms with van der Waals surface area (Å²) in [5.74, 6) is 0.707. The number of hydrogen-bond donors (Lipinski definition) is 3. The molecule has 3 N–H and O–H groups in total. The van der Waals surface area contributed by atoms with E-state index in [-0.39, 0.29) is 6.54 Å². The first kappa shape index (κ1) is 31.7. The number of aliphatic imine (C=N–C) groups is 1. The molecule has 0 saturated carbocycles. The minimum Gasteiger partial charge on any atom is -0.340 e. The number of nitrogens with one attached hydrogen (secondary N) is 1. The normalized spacial score (nSPS) is 16.6. The first-order valence-corrected chi connectivity index (χ1v) is 16.0. The molecule has 44 heavy (non-hydrogen) atoms. The molecule has 3 atom stereocenters. The van der Waals surface area contributed by atoms with Crippen molar-refractivity contribution in [3.05, 3.63) is 120 Å². The lowest BCUT2D eigenvalue weighted by atomic mass is 9.76. The van der Waals surface area contributed by atoms with Gasteiger partial charge in [0.15, 0.2) is 6.17 Å². The molecule has 1 aliphatic heterocycles. The summed E-state index contributed by atoms with van der Waals surface area (Å²) in [5, 5.41) is 0. The van der Waals surface area contributed by atoms with E-state index in [0.29, 0.717) is 11.5 Å². The Morgan fingerprint density at radius 1 is 0.886 bits per heavy atom. The predicted octanol–water partition coefficient (Wildman–Crippen LogP) is 5.01. The first-order valence-electron chi connectivity index (χ1n) is 14.3. The fourth-order valence-electron chi connectivity index (χ4n) is 5.58. The Bertz CT molecular complexity index is 1480. The van der Waals surface area contributed by atoms with Crippen molar-refractivity contribution in [2.45, 2.75) is 50.7 Å². The van der Waals surface area contributed by atoms with Crippen LogP contribution in [-0.4, -0.2) is 57.6 Å². The number of hydrogen-bond acceptors (Lipinski definition) is 8. The Balaban J connectivity index is 1.69. The van der Waals surface area contributed by atoms with Crippen molar-refractivity contribution in [1.29, 1.82) is 0 Å². The van der Waals surface area contributed by atoms with Gasteiger partial charge in [-0.25, -0.2) is 9.98 Å². The molecular weight excluding hydrogens is 581 g/mol. The second-order valence-electron chi connectivity index (χ2n) is 10.8. The molecular formula is C32H38N5O6P. The Kier molecular flexibility index (Phi) is 9.77. The Hall–Kier alpha value is -3.67. The van der Waals surface area contributed by atoms with Crippen LogP contribution >= 0.6 is 7.60 Å². The van der Waals surface area contributed by atoms with Crippen LogP contribution in [0.4, 0.5) is 5.82 Å². The third-order valence-corrected chi connectivity index (χ3v) is 8.08. The van der Waals surface area contributed by atoms with E-state index in [4.69, 9.17) is 19.3 Å². The van der Waals surface area contributed by atoms with Crippen LogP contribution < -0.4 is 10.4 Å². The number of nitrogens with zero attached hydrogens (tertiary/aromatic N) is 4. The number of fused-ring (bicyclic) bond motifs is 1. The van der Waals surface area contributed by atoms with Crippen molar-refractivity contribution in [2.75, 3.05) is 18.6 Å². The van der Waals surface area contributed by atoms with Gasteiger partial charge in [0.2, 0.25) is 0 Å². The van der Waals surface area contributed by atoms with Gasteiger partial charge in [-0.3, -0.25) is 9.13 Å². The van der Waals surface area contributed by atoms with Crippen LogP contribution in [0.2, 0.25) is 0 Å². The average molecular weight is 620 g/mol. The van der Waals surface area contributed by atoms with Gasteiger partial charge in [0.05, 0.1) is 38.5 Å². The van der Waals surface area contributed by atoms with Crippen molar-refractivity contribution in [3.8, 4) is 0 Å². The van der Waals surface area contributed by atoms with Crippen molar-refractivity contribution in [2.24, 2.45) is 4.99 Å². The summed E-state index contributed by atoms with van der Waals surface area (Å²) in [6.07, 6.45) is 1.73. The smallest absolute Gasteiger partial charge is 0.340 e. The lowest BCUT2D eigenvalue weighted by molar-refractivity contribution is -0.144. The van der Waals surface area contributed by atoms with E-state index in [1.54, 1.807) is 33.4 Å². The SMILES string of the molecule is CONC1N=CN(C[C@H](C)O[C@@H](OC(C)C)P(=O)(O)O)c2c1ncn2C(c1ccccc1)(c1ccccc1)c1ccccc1. The van der Waals surface area contributed by atoms with Gasteiger partial charge in [-0.15, -0.1) is 0 Å². The van der Waals surface area contributed by atoms with E-state index in [2.05, 4.69) is 51.4 Å². The molecule has 2 heterocycles. The molecule has 11 nitrogen and oxygen atoms in total. The van der Waals surface area contributed by atoms with Gasteiger partial charge in [0.1, 0.15) is 17.1 Å². The van der Waals surface area contributed by atoms with Crippen LogP contribution in [0.1, 0.15) is 49.3 Å². The molecule has 0 fully saturated rings. The summed E-state index contributed by atoms with van der Waals surface area (Å²) in [7, 11) is -3.19. The molecule has 4 aromatic rings. The predicted molar refractivity (Wildman–Crippen MR) is 168 cm³/mol. The van der Waals surface area contributed by atoms with Gasteiger partial charge in [-0.2, -0.15) is 5.48 Å². The topological polar surface area (TPSA) is 131 Å². The maximum Gasteiger partial charge on any atom is 0.381 e. The van der Waals surface area contributed by atoms with E-state index in [9.17, 15) is 14.4 Å². The molecule has 1 aromatic heterocycles. The molecule has 0 aliphatic carbocycles. The zero-order chi connectivity index (χ0) is 31.3. The molecule has 5 rings (SSSR count). The minimum absolute atomic E-state index is 0.189. The third kappa shape index (κ3) is 6.40. The zero-order valence-corrected chi connectivity index (χ0v) is 26.0. The summed E-state index contributed by atoms with van der Waals surface area (Å²) in [5.41, 5.74) is 5.68. The number of imidazole rings is 1. The maximum atomic E-state index is 12.2. The van der Waals surface area contributed by atoms with E-state index < -0.39 is 37.5 Å². The molecule has 1 aliphatic rings. The number of hydroxylamine groups is 1. The van der Waals surface area contributed by atoms with Gasteiger partial charge in [-0.1, -0.05) is 91.0 Å². The number of aromatic nitrogens is 2. The quantitative estimate of drug-likeness (QED) is 0.0818. The highest BCUT2D eigenvalue weighted by Crippen LogP contribution is 2.46. The molecule has 0 radical (unpaired) electrons. The summed E-state index contributed by atoms with van der Waals surface area (Å²) < 4.78 is 25.6. The van der Waals surface area contributed by atoms with Gasteiger partial charge in [0, 0.05) is 0 Å².